The molecule has 0 aliphatic carbocycles. The number of rotatable bonds is 7. The minimum absolute atomic E-state index is 0.0182. The summed E-state index contributed by atoms with van der Waals surface area (Å²) >= 11 is 0. The van der Waals surface area contributed by atoms with Gasteiger partial charge in [0.05, 0.1) is 11.7 Å². The molecule has 1 saturated heterocycles. The molecule has 0 aromatic heterocycles. The van der Waals surface area contributed by atoms with Gasteiger partial charge in [0, 0.05) is 26.1 Å². The number of alkyl halides is 3. The third-order valence-electron chi connectivity index (χ3n) is 4.76. The summed E-state index contributed by atoms with van der Waals surface area (Å²) in [7, 11) is 0. The summed E-state index contributed by atoms with van der Waals surface area (Å²) < 4.78 is 44.2. The van der Waals surface area contributed by atoms with Crippen LogP contribution < -0.4 is 5.73 Å². The summed E-state index contributed by atoms with van der Waals surface area (Å²) in [5, 5.41) is 0. The number of hydrogen-bond donors (Lipinski definition) is 1. The molecule has 1 heterocycles. The fourth-order valence-corrected chi connectivity index (χ4v) is 3.14. The standard InChI is InChI=1S/C19H27F3N2O2/c1-14(15-4-2-5-16(13-15)19(20,21)22)12-18(25)24-9-6-17(7-10-24)26-11-3-8-23/h2,4-5,13-14,17H,3,6-12,23H2,1H3. The number of nitrogens with zero attached hydrogens (tertiary/aromatic N) is 1. The zero-order chi connectivity index (χ0) is 19.2. The van der Waals surface area contributed by atoms with Crippen LogP contribution in [0.1, 0.15) is 49.7 Å². The zero-order valence-electron chi connectivity index (χ0n) is 15.1. The van der Waals surface area contributed by atoms with Crippen LogP contribution in [0.5, 0.6) is 0 Å². The molecule has 1 aliphatic rings. The predicted octanol–water partition coefficient (Wildman–Crippen LogP) is 3.56. The highest BCUT2D eigenvalue weighted by atomic mass is 19.4. The normalized spacial score (nSPS) is 17.3. The second kappa shape index (κ2) is 9.37. The first-order valence-corrected chi connectivity index (χ1v) is 9.08. The van der Waals surface area contributed by atoms with Gasteiger partial charge in [0.15, 0.2) is 0 Å². The lowest BCUT2D eigenvalue weighted by Crippen LogP contribution is -2.41. The summed E-state index contributed by atoms with van der Waals surface area (Å²) in [5.74, 6) is -0.279. The molecular formula is C19H27F3N2O2. The highest BCUT2D eigenvalue weighted by Crippen LogP contribution is 2.32. The van der Waals surface area contributed by atoms with Crippen molar-refractivity contribution in [1.82, 2.24) is 4.90 Å². The maximum atomic E-state index is 12.8. The maximum Gasteiger partial charge on any atom is 0.416 e. The SMILES string of the molecule is CC(CC(=O)N1CCC(OCCCN)CC1)c1cccc(C(F)(F)F)c1. The second-order valence-electron chi connectivity index (χ2n) is 6.82. The van der Waals surface area contributed by atoms with Gasteiger partial charge in [-0.25, -0.2) is 0 Å². The lowest BCUT2D eigenvalue weighted by molar-refractivity contribution is -0.137. The number of benzene rings is 1. The van der Waals surface area contributed by atoms with Gasteiger partial charge in [-0.15, -0.1) is 0 Å². The summed E-state index contributed by atoms with van der Waals surface area (Å²) in [6.45, 7) is 4.28. The van der Waals surface area contributed by atoms with E-state index in [9.17, 15) is 18.0 Å². The Hall–Kier alpha value is -1.60. The molecule has 0 radical (unpaired) electrons. The summed E-state index contributed by atoms with van der Waals surface area (Å²) in [6.07, 6.45) is -1.60. The van der Waals surface area contributed by atoms with Crippen LogP contribution in [0.2, 0.25) is 0 Å². The van der Waals surface area contributed by atoms with Crippen LogP contribution in [0, 0.1) is 0 Å². The minimum Gasteiger partial charge on any atom is -0.378 e. The van der Waals surface area contributed by atoms with E-state index >= 15 is 0 Å². The van der Waals surface area contributed by atoms with Gasteiger partial charge in [0.2, 0.25) is 5.91 Å². The van der Waals surface area contributed by atoms with Crippen molar-refractivity contribution in [3.05, 3.63) is 35.4 Å². The van der Waals surface area contributed by atoms with Crippen molar-refractivity contribution in [1.29, 1.82) is 0 Å². The van der Waals surface area contributed by atoms with Crippen molar-refractivity contribution in [2.75, 3.05) is 26.2 Å². The van der Waals surface area contributed by atoms with Crippen LogP contribution in [0.25, 0.3) is 0 Å². The molecule has 1 aromatic rings. The third kappa shape index (κ3) is 5.99. The minimum atomic E-state index is -4.37. The Morgan fingerprint density at radius 2 is 2.04 bits per heavy atom. The first kappa shape index (κ1) is 20.7. The van der Waals surface area contributed by atoms with E-state index in [0.29, 0.717) is 31.8 Å². The molecule has 1 aromatic carbocycles. The van der Waals surface area contributed by atoms with Crippen molar-refractivity contribution >= 4 is 5.91 Å². The van der Waals surface area contributed by atoms with E-state index in [1.165, 1.54) is 6.07 Å². The fourth-order valence-electron chi connectivity index (χ4n) is 3.14. The van der Waals surface area contributed by atoms with Crippen LogP contribution in [-0.2, 0) is 15.7 Å². The van der Waals surface area contributed by atoms with Gasteiger partial charge in [-0.3, -0.25) is 4.79 Å². The molecule has 0 saturated carbocycles. The summed E-state index contributed by atoms with van der Waals surface area (Å²) in [6, 6.07) is 5.22. The zero-order valence-corrected chi connectivity index (χ0v) is 15.1. The van der Waals surface area contributed by atoms with Gasteiger partial charge >= 0.3 is 6.18 Å². The van der Waals surface area contributed by atoms with Crippen LogP contribution in [-0.4, -0.2) is 43.2 Å². The maximum absolute atomic E-state index is 12.8. The summed E-state index contributed by atoms with van der Waals surface area (Å²) in [4.78, 5) is 14.3. The van der Waals surface area contributed by atoms with E-state index in [-0.39, 0.29) is 24.3 Å². The Morgan fingerprint density at radius 3 is 2.65 bits per heavy atom. The smallest absolute Gasteiger partial charge is 0.378 e. The first-order chi connectivity index (χ1) is 12.3. The number of carbonyl (C=O) groups excluding carboxylic acids is 1. The molecule has 1 aliphatic heterocycles. The highest BCUT2D eigenvalue weighted by molar-refractivity contribution is 5.77. The van der Waals surface area contributed by atoms with Crippen molar-refractivity contribution in [2.24, 2.45) is 5.73 Å². The van der Waals surface area contributed by atoms with Gasteiger partial charge in [0.1, 0.15) is 0 Å². The number of likely N-dealkylation sites (tertiary alicyclic amines) is 1. The number of piperidine rings is 1. The molecule has 0 bridgehead atoms. The van der Waals surface area contributed by atoms with E-state index in [1.54, 1.807) is 17.9 Å². The topological polar surface area (TPSA) is 55.6 Å². The second-order valence-corrected chi connectivity index (χ2v) is 6.82. The average Bonchev–Trinajstić information content (AvgIpc) is 2.62. The Morgan fingerprint density at radius 1 is 1.35 bits per heavy atom. The average molecular weight is 372 g/mol. The van der Waals surface area contributed by atoms with Gasteiger partial charge in [-0.2, -0.15) is 13.2 Å². The van der Waals surface area contributed by atoms with Gasteiger partial charge < -0.3 is 15.4 Å². The quantitative estimate of drug-likeness (QED) is 0.745. The van der Waals surface area contributed by atoms with Crippen LogP contribution in [0.15, 0.2) is 24.3 Å². The van der Waals surface area contributed by atoms with Gasteiger partial charge in [-0.05, 0) is 43.4 Å². The van der Waals surface area contributed by atoms with Crippen molar-refractivity contribution in [3.63, 3.8) is 0 Å². The molecule has 1 amide bonds. The van der Waals surface area contributed by atoms with Gasteiger partial charge in [-0.1, -0.05) is 25.1 Å². The van der Waals surface area contributed by atoms with Crippen molar-refractivity contribution in [3.8, 4) is 0 Å². The Bertz CT molecular complexity index is 584. The molecular weight excluding hydrogens is 345 g/mol. The lowest BCUT2D eigenvalue weighted by atomic mass is 9.95. The molecule has 2 rings (SSSR count). The van der Waals surface area contributed by atoms with E-state index in [1.807, 2.05) is 0 Å². The van der Waals surface area contributed by atoms with E-state index in [0.717, 1.165) is 31.4 Å². The van der Waals surface area contributed by atoms with E-state index in [4.69, 9.17) is 10.5 Å². The number of amides is 1. The first-order valence-electron chi connectivity index (χ1n) is 9.08. The molecule has 2 N–H and O–H groups in total. The van der Waals surface area contributed by atoms with Crippen molar-refractivity contribution < 1.29 is 22.7 Å². The molecule has 0 spiro atoms. The summed E-state index contributed by atoms with van der Waals surface area (Å²) in [5.41, 5.74) is 5.30. The molecule has 146 valence electrons. The number of hydrogen-bond acceptors (Lipinski definition) is 3. The van der Waals surface area contributed by atoms with E-state index < -0.39 is 11.7 Å². The number of ether oxygens (including phenoxy) is 1. The Balaban J connectivity index is 1.84. The molecule has 4 nitrogen and oxygen atoms in total. The predicted molar refractivity (Wildman–Crippen MR) is 93.7 cm³/mol. The fraction of sp³-hybridized carbons (Fsp3) is 0.632. The van der Waals surface area contributed by atoms with Crippen LogP contribution in [0.4, 0.5) is 13.2 Å². The molecule has 1 atom stereocenters. The third-order valence-corrected chi connectivity index (χ3v) is 4.76. The lowest BCUT2D eigenvalue weighted by Gasteiger charge is -2.32. The molecule has 1 unspecified atom stereocenters. The molecule has 7 heteroatoms. The Kier molecular flexibility index (Phi) is 7.46. The largest absolute Gasteiger partial charge is 0.416 e. The van der Waals surface area contributed by atoms with Crippen molar-refractivity contribution in [2.45, 2.75) is 50.8 Å². The molecule has 26 heavy (non-hydrogen) atoms. The number of carbonyl (C=O) groups is 1. The number of nitrogens with two attached hydrogens (primary N) is 1. The van der Waals surface area contributed by atoms with Gasteiger partial charge in [0.25, 0.3) is 0 Å². The van der Waals surface area contributed by atoms with E-state index in [2.05, 4.69) is 0 Å². The van der Waals surface area contributed by atoms with Crippen LogP contribution in [0.3, 0.4) is 0 Å². The Labute approximate surface area is 152 Å². The monoisotopic (exact) mass is 372 g/mol. The molecule has 1 fully saturated rings. The number of halogens is 3. The van der Waals surface area contributed by atoms with Crippen LogP contribution >= 0.6 is 0 Å². The highest BCUT2D eigenvalue weighted by Gasteiger charge is 2.31.